The van der Waals surface area contributed by atoms with Gasteiger partial charge in [-0.3, -0.25) is 4.79 Å². The first-order valence-electron chi connectivity index (χ1n) is 9.31. The molecule has 3 aromatic rings. The Labute approximate surface area is 153 Å². The Morgan fingerprint density at radius 2 is 1.96 bits per heavy atom. The number of benzene rings is 2. The van der Waals surface area contributed by atoms with Crippen molar-refractivity contribution in [1.82, 2.24) is 4.98 Å². The van der Waals surface area contributed by atoms with E-state index in [4.69, 9.17) is 4.74 Å². The molecule has 0 fully saturated rings. The summed E-state index contributed by atoms with van der Waals surface area (Å²) in [5.74, 6) is 0.902. The Morgan fingerprint density at radius 3 is 2.81 bits per heavy atom. The van der Waals surface area contributed by atoms with Crippen LogP contribution in [0.5, 0.6) is 5.75 Å². The third-order valence-corrected chi connectivity index (χ3v) is 5.04. The summed E-state index contributed by atoms with van der Waals surface area (Å²) in [7, 11) is 0. The molecule has 0 aliphatic heterocycles. The summed E-state index contributed by atoms with van der Waals surface area (Å²) in [6.45, 7) is 2.17. The molecular weight excluding hydrogens is 324 g/mol. The van der Waals surface area contributed by atoms with Gasteiger partial charge in [-0.2, -0.15) is 0 Å². The molecule has 26 heavy (non-hydrogen) atoms. The minimum atomic E-state index is -0.0629. The van der Waals surface area contributed by atoms with E-state index in [-0.39, 0.29) is 5.91 Å². The van der Waals surface area contributed by atoms with E-state index in [0.717, 1.165) is 28.8 Å². The van der Waals surface area contributed by atoms with E-state index in [0.29, 0.717) is 6.61 Å². The molecule has 1 aromatic heterocycles. The first-order chi connectivity index (χ1) is 12.7. The molecule has 4 rings (SSSR count). The highest BCUT2D eigenvalue weighted by atomic mass is 16.5. The van der Waals surface area contributed by atoms with Gasteiger partial charge in [0.1, 0.15) is 5.75 Å². The van der Waals surface area contributed by atoms with E-state index in [1.807, 2.05) is 6.20 Å². The molecule has 1 heterocycles. The molecule has 0 spiro atoms. The van der Waals surface area contributed by atoms with Gasteiger partial charge in [-0.25, -0.2) is 0 Å². The summed E-state index contributed by atoms with van der Waals surface area (Å²) in [6, 6.07) is 12.8. The molecule has 1 aliphatic carbocycles. The molecule has 2 N–H and O–H groups in total. The van der Waals surface area contributed by atoms with E-state index in [1.54, 1.807) is 0 Å². The van der Waals surface area contributed by atoms with Gasteiger partial charge in [0, 0.05) is 30.4 Å². The molecule has 0 saturated heterocycles. The lowest BCUT2D eigenvalue weighted by atomic mass is 9.92. The Hall–Kier alpha value is -2.75. The van der Waals surface area contributed by atoms with Gasteiger partial charge in [-0.1, -0.05) is 12.1 Å². The monoisotopic (exact) mass is 348 g/mol. The van der Waals surface area contributed by atoms with Crippen LogP contribution in [-0.4, -0.2) is 17.5 Å². The molecule has 0 atom stereocenters. The highest BCUT2D eigenvalue weighted by Gasteiger charge is 2.10. The first-order valence-corrected chi connectivity index (χ1v) is 9.31. The van der Waals surface area contributed by atoms with Gasteiger partial charge in [0.2, 0.25) is 5.91 Å². The predicted octanol–water partition coefficient (Wildman–Crippen LogP) is 4.63. The van der Waals surface area contributed by atoms with Crippen LogP contribution in [0.1, 0.15) is 36.5 Å². The fraction of sp³-hybridized carbons (Fsp3) is 0.318. The van der Waals surface area contributed by atoms with Gasteiger partial charge < -0.3 is 15.0 Å². The maximum atomic E-state index is 11.3. The van der Waals surface area contributed by atoms with Gasteiger partial charge in [-0.05, 0) is 66.6 Å². The summed E-state index contributed by atoms with van der Waals surface area (Å²) < 4.78 is 5.99. The Balaban J connectivity index is 1.42. The van der Waals surface area contributed by atoms with Crippen molar-refractivity contribution in [3.8, 4) is 5.75 Å². The second-order valence-electron chi connectivity index (χ2n) is 7.00. The summed E-state index contributed by atoms with van der Waals surface area (Å²) in [6.07, 6.45) is 7.61. The number of hydrogen-bond acceptors (Lipinski definition) is 2. The zero-order valence-electron chi connectivity index (χ0n) is 15.1. The fourth-order valence-corrected chi connectivity index (χ4v) is 3.70. The van der Waals surface area contributed by atoms with Crippen LogP contribution in [0.2, 0.25) is 0 Å². The van der Waals surface area contributed by atoms with E-state index in [2.05, 4.69) is 46.7 Å². The van der Waals surface area contributed by atoms with Crippen molar-refractivity contribution in [2.45, 2.75) is 39.0 Å². The van der Waals surface area contributed by atoms with Crippen molar-refractivity contribution in [2.24, 2.45) is 0 Å². The lowest BCUT2D eigenvalue weighted by Gasteiger charge is -2.16. The molecule has 2 aromatic carbocycles. The number of H-pyrrole nitrogens is 1. The highest BCUT2D eigenvalue weighted by molar-refractivity contribution is 6.01. The number of ether oxygens (including phenoxy) is 1. The predicted molar refractivity (Wildman–Crippen MR) is 105 cm³/mol. The number of aromatic amines is 1. The molecule has 4 nitrogen and oxygen atoms in total. The number of anilines is 1. The van der Waals surface area contributed by atoms with Gasteiger partial charge in [0.05, 0.1) is 12.3 Å². The zero-order valence-corrected chi connectivity index (χ0v) is 15.1. The minimum Gasteiger partial charge on any atom is -0.493 e. The van der Waals surface area contributed by atoms with E-state index in [1.165, 1.54) is 49.3 Å². The van der Waals surface area contributed by atoms with Crippen molar-refractivity contribution in [3.63, 3.8) is 0 Å². The molecule has 134 valence electrons. The summed E-state index contributed by atoms with van der Waals surface area (Å²) >= 11 is 0. The van der Waals surface area contributed by atoms with Crippen molar-refractivity contribution in [3.05, 3.63) is 59.3 Å². The molecule has 0 unspecified atom stereocenters. The number of nitrogens with one attached hydrogen (secondary N) is 2. The van der Waals surface area contributed by atoms with Crippen LogP contribution in [0.25, 0.3) is 10.9 Å². The first kappa shape index (κ1) is 16.7. The number of aromatic nitrogens is 1. The van der Waals surface area contributed by atoms with E-state index >= 15 is 0 Å². The van der Waals surface area contributed by atoms with Gasteiger partial charge in [-0.15, -0.1) is 0 Å². The number of carbonyl (C=O) groups is 1. The third-order valence-electron chi connectivity index (χ3n) is 5.04. The second kappa shape index (κ2) is 7.24. The average molecular weight is 348 g/mol. The van der Waals surface area contributed by atoms with Gasteiger partial charge in [0.15, 0.2) is 0 Å². The van der Waals surface area contributed by atoms with E-state index in [9.17, 15) is 4.79 Å². The maximum absolute atomic E-state index is 11.3. The number of aryl methyl sites for hydroxylation is 2. The smallest absolute Gasteiger partial charge is 0.221 e. The molecule has 1 aliphatic rings. The van der Waals surface area contributed by atoms with Gasteiger partial charge >= 0.3 is 0 Å². The van der Waals surface area contributed by atoms with Crippen LogP contribution in [0.4, 0.5) is 5.69 Å². The average Bonchev–Trinajstić information content (AvgIpc) is 3.03. The van der Waals surface area contributed by atoms with E-state index < -0.39 is 0 Å². The van der Waals surface area contributed by atoms with Crippen LogP contribution in [0, 0.1) is 0 Å². The van der Waals surface area contributed by atoms with Crippen LogP contribution < -0.4 is 10.1 Å². The summed E-state index contributed by atoms with van der Waals surface area (Å²) in [5, 5.41) is 3.90. The second-order valence-corrected chi connectivity index (χ2v) is 7.00. The number of fused-ring (bicyclic) bond motifs is 2. The zero-order chi connectivity index (χ0) is 17.9. The largest absolute Gasteiger partial charge is 0.493 e. The molecule has 1 amide bonds. The molecule has 0 saturated carbocycles. The Bertz CT molecular complexity index is 942. The van der Waals surface area contributed by atoms with Crippen LogP contribution in [0.3, 0.4) is 0 Å². The lowest BCUT2D eigenvalue weighted by Crippen LogP contribution is -2.06. The number of carbonyl (C=O) groups excluding carboxylic acids is 1. The van der Waals surface area contributed by atoms with Crippen molar-refractivity contribution < 1.29 is 9.53 Å². The van der Waals surface area contributed by atoms with Crippen molar-refractivity contribution in [1.29, 1.82) is 0 Å². The molecule has 0 bridgehead atoms. The standard InChI is InChI=1S/C22H24N2O2/c1-15(25)24-22-14-23-21-9-6-16(12-20(21)22)10-11-26-19-8-7-17-4-2-3-5-18(17)13-19/h6-9,12-14,23H,2-5,10-11H2,1H3,(H,24,25). The molecule has 0 radical (unpaired) electrons. The third kappa shape index (κ3) is 3.59. The van der Waals surface area contributed by atoms with Crippen LogP contribution >= 0.6 is 0 Å². The highest BCUT2D eigenvalue weighted by Crippen LogP contribution is 2.26. The van der Waals surface area contributed by atoms with Gasteiger partial charge in [0.25, 0.3) is 0 Å². The van der Waals surface area contributed by atoms with Crippen molar-refractivity contribution >= 4 is 22.5 Å². The lowest BCUT2D eigenvalue weighted by molar-refractivity contribution is -0.114. The fourth-order valence-electron chi connectivity index (χ4n) is 3.70. The topological polar surface area (TPSA) is 54.1 Å². The quantitative estimate of drug-likeness (QED) is 0.706. The minimum absolute atomic E-state index is 0.0629. The SMILES string of the molecule is CC(=O)Nc1c[nH]c2ccc(CCOc3ccc4c(c3)CCCC4)cc12. The maximum Gasteiger partial charge on any atom is 0.221 e. The summed E-state index contributed by atoms with van der Waals surface area (Å²) in [5.41, 5.74) is 5.97. The van der Waals surface area contributed by atoms with Crippen molar-refractivity contribution in [2.75, 3.05) is 11.9 Å². The molecular formula is C22H24N2O2. The van der Waals surface area contributed by atoms with Crippen LogP contribution in [0.15, 0.2) is 42.6 Å². The normalized spacial score (nSPS) is 13.4. The Kier molecular flexibility index (Phi) is 4.65. The number of hydrogen-bond donors (Lipinski definition) is 2. The number of rotatable bonds is 5. The summed E-state index contributed by atoms with van der Waals surface area (Å²) in [4.78, 5) is 14.5. The Morgan fingerprint density at radius 1 is 1.12 bits per heavy atom. The molecule has 4 heteroatoms. The van der Waals surface area contributed by atoms with Crippen LogP contribution in [-0.2, 0) is 24.1 Å². The number of amides is 1.